The number of hydrogen-bond donors (Lipinski definition) is 1. The predicted octanol–water partition coefficient (Wildman–Crippen LogP) is 1.28. The summed E-state index contributed by atoms with van der Waals surface area (Å²) in [6, 6.07) is 3.70. The third kappa shape index (κ3) is 1.61. The molecule has 16 heavy (non-hydrogen) atoms. The molecule has 2 aromatic heterocycles. The van der Waals surface area contributed by atoms with E-state index >= 15 is 0 Å². The molecular formula is C11H11N5. The number of imidazole rings is 1. The Morgan fingerprint density at radius 3 is 3.00 bits per heavy atom. The van der Waals surface area contributed by atoms with Gasteiger partial charge in [-0.25, -0.2) is 9.97 Å². The van der Waals surface area contributed by atoms with Crippen LogP contribution in [0.2, 0.25) is 0 Å². The van der Waals surface area contributed by atoms with E-state index in [0.29, 0.717) is 17.1 Å². The van der Waals surface area contributed by atoms with Gasteiger partial charge in [0.15, 0.2) is 5.82 Å². The zero-order chi connectivity index (χ0) is 11.5. The summed E-state index contributed by atoms with van der Waals surface area (Å²) in [6.07, 6.45) is 5.80. The Labute approximate surface area is 93.2 Å². The van der Waals surface area contributed by atoms with E-state index in [2.05, 4.69) is 16.0 Å². The summed E-state index contributed by atoms with van der Waals surface area (Å²) in [7, 11) is 0. The number of anilines is 1. The van der Waals surface area contributed by atoms with Crippen molar-refractivity contribution >= 4 is 5.69 Å². The highest BCUT2D eigenvalue weighted by Crippen LogP contribution is 2.15. The van der Waals surface area contributed by atoms with Crippen LogP contribution in [0.3, 0.4) is 0 Å². The monoisotopic (exact) mass is 213 g/mol. The topological polar surface area (TPSA) is 80.5 Å². The maximum Gasteiger partial charge on any atom is 0.156 e. The van der Waals surface area contributed by atoms with E-state index in [-0.39, 0.29) is 0 Å². The highest BCUT2D eigenvalue weighted by molar-refractivity contribution is 5.52. The average molecular weight is 213 g/mol. The van der Waals surface area contributed by atoms with Crippen LogP contribution < -0.4 is 5.73 Å². The zero-order valence-electron chi connectivity index (χ0n) is 8.88. The van der Waals surface area contributed by atoms with Gasteiger partial charge in [-0.15, -0.1) is 0 Å². The molecule has 0 aliphatic rings. The van der Waals surface area contributed by atoms with Gasteiger partial charge in [-0.05, 0) is 6.07 Å². The lowest BCUT2D eigenvalue weighted by molar-refractivity contribution is 0.865. The fraction of sp³-hybridized carbons (Fsp3) is 0.182. The van der Waals surface area contributed by atoms with E-state index in [1.165, 1.54) is 6.20 Å². The van der Waals surface area contributed by atoms with Crippen molar-refractivity contribution in [3.63, 3.8) is 0 Å². The summed E-state index contributed by atoms with van der Waals surface area (Å²) >= 11 is 0. The standard InChI is InChI=1S/C11H11N5/c1-2-10-14-3-4-16(10)11-8(6-12)5-9(13)7-15-11/h3-5,7H,2,13H2,1H3. The molecule has 5 nitrogen and oxygen atoms in total. The molecule has 0 amide bonds. The summed E-state index contributed by atoms with van der Waals surface area (Å²) < 4.78 is 1.80. The van der Waals surface area contributed by atoms with Crippen molar-refractivity contribution in [1.82, 2.24) is 14.5 Å². The Morgan fingerprint density at radius 1 is 1.50 bits per heavy atom. The van der Waals surface area contributed by atoms with Crippen LogP contribution in [0.15, 0.2) is 24.7 Å². The van der Waals surface area contributed by atoms with Gasteiger partial charge < -0.3 is 5.73 Å². The minimum absolute atomic E-state index is 0.452. The van der Waals surface area contributed by atoms with E-state index in [4.69, 9.17) is 11.0 Å². The second-order valence-corrected chi connectivity index (χ2v) is 3.32. The molecule has 5 heteroatoms. The van der Waals surface area contributed by atoms with Gasteiger partial charge in [0.1, 0.15) is 11.9 Å². The minimum atomic E-state index is 0.452. The fourth-order valence-electron chi connectivity index (χ4n) is 1.54. The zero-order valence-corrected chi connectivity index (χ0v) is 8.88. The van der Waals surface area contributed by atoms with Crippen LogP contribution in [0.25, 0.3) is 5.82 Å². The smallest absolute Gasteiger partial charge is 0.156 e. The molecule has 2 rings (SSSR count). The summed E-state index contributed by atoms with van der Waals surface area (Å²) in [4.78, 5) is 8.37. The normalized spacial score (nSPS) is 10.0. The van der Waals surface area contributed by atoms with Crippen LogP contribution in [0.4, 0.5) is 5.69 Å². The van der Waals surface area contributed by atoms with Crippen molar-refractivity contribution in [1.29, 1.82) is 5.26 Å². The lowest BCUT2D eigenvalue weighted by Crippen LogP contribution is -2.05. The number of nitrogens with zero attached hydrogens (tertiary/aromatic N) is 4. The molecule has 80 valence electrons. The average Bonchev–Trinajstić information content (AvgIpc) is 2.76. The second-order valence-electron chi connectivity index (χ2n) is 3.32. The van der Waals surface area contributed by atoms with Crippen LogP contribution in [0.1, 0.15) is 18.3 Å². The molecule has 0 fully saturated rings. The highest BCUT2D eigenvalue weighted by atomic mass is 15.1. The molecule has 0 saturated heterocycles. The first-order valence-electron chi connectivity index (χ1n) is 4.94. The first kappa shape index (κ1) is 10.2. The van der Waals surface area contributed by atoms with E-state index in [0.717, 1.165) is 12.2 Å². The molecule has 0 unspecified atom stereocenters. The Kier molecular flexibility index (Phi) is 2.56. The van der Waals surface area contributed by atoms with Gasteiger partial charge in [0.25, 0.3) is 0 Å². The predicted molar refractivity (Wildman–Crippen MR) is 59.9 cm³/mol. The maximum atomic E-state index is 9.03. The Hall–Kier alpha value is -2.35. The fourth-order valence-corrected chi connectivity index (χ4v) is 1.54. The minimum Gasteiger partial charge on any atom is -0.397 e. The molecular weight excluding hydrogens is 202 g/mol. The van der Waals surface area contributed by atoms with Crippen LogP contribution in [0, 0.1) is 11.3 Å². The summed E-state index contributed by atoms with van der Waals surface area (Å²) in [5, 5.41) is 9.03. The molecule has 2 aromatic rings. The molecule has 0 atom stereocenters. The van der Waals surface area contributed by atoms with Gasteiger partial charge in [-0.1, -0.05) is 6.92 Å². The maximum absolute atomic E-state index is 9.03. The quantitative estimate of drug-likeness (QED) is 0.814. The van der Waals surface area contributed by atoms with Crippen LogP contribution in [-0.2, 0) is 6.42 Å². The first-order valence-corrected chi connectivity index (χ1v) is 4.94. The molecule has 0 aliphatic carbocycles. The number of nitrogens with two attached hydrogens (primary N) is 1. The number of aryl methyl sites for hydroxylation is 1. The van der Waals surface area contributed by atoms with Gasteiger partial charge in [-0.3, -0.25) is 4.57 Å². The lowest BCUT2D eigenvalue weighted by atomic mass is 10.2. The summed E-state index contributed by atoms with van der Waals surface area (Å²) in [5.41, 5.74) is 6.52. The number of nitrogen functional groups attached to an aromatic ring is 1. The van der Waals surface area contributed by atoms with Crippen molar-refractivity contribution in [2.45, 2.75) is 13.3 Å². The molecule has 0 aliphatic heterocycles. The Morgan fingerprint density at radius 2 is 2.31 bits per heavy atom. The van der Waals surface area contributed by atoms with E-state index in [1.807, 2.05) is 6.92 Å². The van der Waals surface area contributed by atoms with Crippen LogP contribution >= 0.6 is 0 Å². The number of hydrogen-bond acceptors (Lipinski definition) is 4. The van der Waals surface area contributed by atoms with E-state index in [1.54, 1.807) is 23.0 Å². The van der Waals surface area contributed by atoms with Gasteiger partial charge >= 0.3 is 0 Å². The number of pyridine rings is 1. The molecule has 2 N–H and O–H groups in total. The molecule has 2 heterocycles. The van der Waals surface area contributed by atoms with Crippen molar-refractivity contribution in [2.75, 3.05) is 5.73 Å². The van der Waals surface area contributed by atoms with E-state index in [9.17, 15) is 0 Å². The largest absolute Gasteiger partial charge is 0.397 e. The molecule has 0 radical (unpaired) electrons. The van der Waals surface area contributed by atoms with Gasteiger partial charge in [0.05, 0.1) is 17.4 Å². The van der Waals surface area contributed by atoms with Crippen molar-refractivity contribution in [3.05, 3.63) is 36.0 Å². The van der Waals surface area contributed by atoms with Crippen molar-refractivity contribution < 1.29 is 0 Å². The highest BCUT2D eigenvalue weighted by Gasteiger charge is 2.09. The number of rotatable bonds is 2. The van der Waals surface area contributed by atoms with Crippen molar-refractivity contribution in [2.24, 2.45) is 0 Å². The van der Waals surface area contributed by atoms with Crippen LogP contribution in [0.5, 0.6) is 0 Å². The van der Waals surface area contributed by atoms with Crippen LogP contribution in [-0.4, -0.2) is 14.5 Å². The molecule has 0 spiro atoms. The van der Waals surface area contributed by atoms with Gasteiger partial charge in [-0.2, -0.15) is 5.26 Å². The number of nitriles is 1. The van der Waals surface area contributed by atoms with Gasteiger partial charge in [0.2, 0.25) is 0 Å². The Bertz CT molecular complexity index is 550. The Balaban J connectivity index is 2.61. The summed E-state index contributed by atoms with van der Waals surface area (Å²) in [5.74, 6) is 1.44. The molecule has 0 aromatic carbocycles. The number of aromatic nitrogens is 3. The molecule has 0 saturated carbocycles. The molecule has 0 bridgehead atoms. The van der Waals surface area contributed by atoms with E-state index < -0.39 is 0 Å². The first-order chi connectivity index (χ1) is 7.76. The third-order valence-electron chi connectivity index (χ3n) is 2.27. The van der Waals surface area contributed by atoms with Crippen molar-refractivity contribution in [3.8, 4) is 11.9 Å². The third-order valence-corrected chi connectivity index (χ3v) is 2.27. The second kappa shape index (κ2) is 4.03. The summed E-state index contributed by atoms with van der Waals surface area (Å²) in [6.45, 7) is 2.00. The lowest BCUT2D eigenvalue weighted by Gasteiger charge is -2.07. The van der Waals surface area contributed by atoms with Gasteiger partial charge in [0, 0.05) is 18.8 Å². The SMILES string of the molecule is CCc1nccn1-c1ncc(N)cc1C#N.